The Morgan fingerprint density at radius 1 is 0.946 bits per heavy atom. The van der Waals surface area contributed by atoms with Gasteiger partial charge in [-0.3, -0.25) is 4.79 Å². The van der Waals surface area contributed by atoms with Crippen LogP contribution in [0.3, 0.4) is 0 Å². The third-order valence-corrected chi connectivity index (χ3v) is 6.00. The first-order chi connectivity index (χ1) is 17.9. The first-order valence-corrected chi connectivity index (χ1v) is 11.8. The van der Waals surface area contributed by atoms with E-state index < -0.39 is 5.97 Å². The fraction of sp³-hybridized carbons (Fsp3) is 0.214. The van der Waals surface area contributed by atoms with Crippen LogP contribution in [0.1, 0.15) is 39.6 Å². The van der Waals surface area contributed by atoms with E-state index in [9.17, 15) is 9.59 Å². The summed E-state index contributed by atoms with van der Waals surface area (Å²) < 4.78 is 11.0. The van der Waals surface area contributed by atoms with Crippen LogP contribution < -0.4 is 20.1 Å². The van der Waals surface area contributed by atoms with Crippen molar-refractivity contribution in [3.63, 3.8) is 0 Å². The molecular formula is C28H28N4O5. The van der Waals surface area contributed by atoms with Crippen LogP contribution in [0.5, 0.6) is 11.5 Å². The molecule has 0 radical (unpaired) electrons. The Labute approximate surface area is 214 Å². The van der Waals surface area contributed by atoms with Crippen molar-refractivity contribution >= 4 is 34.4 Å². The van der Waals surface area contributed by atoms with Gasteiger partial charge in [0.25, 0.3) is 5.91 Å². The van der Waals surface area contributed by atoms with Gasteiger partial charge < -0.3 is 25.2 Å². The zero-order chi connectivity index (χ0) is 26.5. The predicted octanol–water partition coefficient (Wildman–Crippen LogP) is 5.26. The van der Waals surface area contributed by atoms with Crippen LogP contribution in [-0.2, 0) is 6.42 Å². The smallest absolute Gasteiger partial charge is 0.335 e. The number of nitrogens with zero attached hydrogens (tertiary/aromatic N) is 2. The maximum atomic E-state index is 13.0. The van der Waals surface area contributed by atoms with Crippen molar-refractivity contribution in [2.75, 3.05) is 31.9 Å². The van der Waals surface area contributed by atoms with E-state index >= 15 is 0 Å². The van der Waals surface area contributed by atoms with Gasteiger partial charge in [-0.15, -0.1) is 0 Å². The summed E-state index contributed by atoms with van der Waals surface area (Å²) in [4.78, 5) is 33.6. The third kappa shape index (κ3) is 5.16. The van der Waals surface area contributed by atoms with Crippen LogP contribution in [-0.4, -0.2) is 48.2 Å². The highest BCUT2D eigenvalue weighted by Gasteiger charge is 2.19. The number of carbonyl (C=O) groups excluding carboxylic acids is 1. The fourth-order valence-corrected chi connectivity index (χ4v) is 4.18. The number of hydrogen-bond donors (Lipinski definition) is 3. The normalized spacial score (nSPS) is 10.7. The third-order valence-electron chi connectivity index (χ3n) is 6.00. The molecule has 190 valence electrons. The molecular weight excluding hydrogens is 472 g/mol. The molecule has 0 aliphatic carbocycles. The highest BCUT2D eigenvalue weighted by Crippen LogP contribution is 2.39. The van der Waals surface area contributed by atoms with Gasteiger partial charge in [0, 0.05) is 35.3 Å². The van der Waals surface area contributed by atoms with Gasteiger partial charge in [0.05, 0.1) is 31.0 Å². The zero-order valence-electron chi connectivity index (χ0n) is 21.1. The Morgan fingerprint density at radius 2 is 1.62 bits per heavy atom. The van der Waals surface area contributed by atoms with Gasteiger partial charge in [-0.2, -0.15) is 0 Å². The molecule has 3 aromatic carbocycles. The lowest BCUT2D eigenvalue weighted by molar-refractivity contribution is 0.0696. The summed E-state index contributed by atoms with van der Waals surface area (Å²) in [5, 5.41) is 15.9. The number of methoxy groups -OCH3 is 2. The molecule has 1 amide bonds. The van der Waals surface area contributed by atoms with Gasteiger partial charge in [0.15, 0.2) is 11.5 Å². The number of anilines is 2. The molecule has 0 aliphatic heterocycles. The molecule has 0 bridgehead atoms. The summed E-state index contributed by atoms with van der Waals surface area (Å²) >= 11 is 0. The van der Waals surface area contributed by atoms with E-state index in [1.807, 2.05) is 30.3 Å². The monoisotopic (exact) mass is 500 g/mol. The minimum absolute atomic E-state index is 0.119. The number of benzene rings is 3. The number of ether oxygens (including phenoxy) is 2. The first-order valence-electron chi connectivity index (χ1n) is 11.8. The first kappa shape index (κ1) is 25.4. The summed E-state index contributed by atoms with van der Waals surface area (Å²) in [6.45, 7) is 2.07. The molecule has 0 aliphatic rings. The van der Waals surface area contributed by atoms with Crippen molar-refractivity contribution in [2.45, 2.75) is 19.8 Å². The lowest BCUT2D eigenvalue weighted by atomic mass is 9.95. The maximum absolute atomic E-state index is 13.0. The second-order valence-corrected chi connectivity index (χ2v) is 8.29. The highest BCUT2D eigenvalue weighted by molar-refractivity contribution is 6.06. The number of carbonyl (C=O) groups is 2. The van der Waals surface area contributed by atoms with Crippen molar-refractivity contribution < 1.29 is 24.2 Å². The molecule has 0 unspecified atom stereocenters. The average Bonchev–Trinajstić information content (AvgIpc) is 2.92. The number of amides is 1. The number of rotatable bonds is 9. The van der Waals surface area contributed by atoms with E-state index in [0.29, 0.717) is 46.3 Å². The van der Waals surface area contributed by atoms with Gasteiger partial charge in [0.1, 0.15) is 0 Å². The van der Waals surface area contributed by atoms with Crippen molar-refractivity contribution in [1.82, 2.24) is 9.97 Å². The van der Waals surface area contributed by atoms with Crippen molar-refractivity contribution in [3.05, 3.63) is 71.3 Å². The summed E-state index contributed by atoms with van der Waals surface area (Å²) in [5.41, 5.74) is 4.30. The van der Waals surface area contributed by atoms with E-state index in [-0.39, 0.29) is 11.5 Å². The molecule has 9 nitrogen and oxygen atoms in total. The molecule has 0 saturated carbocycles. The largest absolute Gasteiger partial charge is 0.493 e. The summed E-state index contributed by atoms with van der Waals surface area (Å²) in [7, 11) is 4.91. The predicted molar refractivity (Wildman–Crippen MR) is 143 cm³/mol. The molecule has 3 N–H and O–H groups in total. The standard InChI is InChI=1S/C28H28N4O5/c1-5-7-18-19(8-6-9-21(18)30-26(33)16-10-12-17(13-11-16)27(34)35)25-20-14-23(36-3)24(37-4)15-22(20)31-28(29-2)32-25/h6,8-15H,5,7H2,1-4H3,(H,30,33)(H,34,35)(H,29,31,32). The van der Waals surface area contributed by atoms with Gasteiger partial charge in [-0.05, 0) is 48.4 Å². The van der Waals surface area contributed by atoms with E-state index in [1.165, 1.54) is 24.3 Å². The van der Waals surface area contributed by atoms with Crippen LogP contribution >= 0.6 is 0 Å². The minimum atomic E-state index is -1.04. The molecule has 0 spiro atoms. The van der Waals surface area contributed by atoms with Crippen molar-refractivity contribution in [3.8, 4) is 22.8 Å². The molecule has 1 aromatic heterocycles. The number of aromatic nitrogens is 2. The second kappa shape index (κ2) is 10.9. The molecule has 9 heteroatoms. The lowest BCUT2D eigenvalue weighted by Crippen LogP contribution is -2.14. The second-order valence-electron chi connectivity index (χ2n) is 8.29. The average molecular weight is 501 g/mol. The molecule has 0 saturated heterocycles. The Morgan fingerprint density at radius 3 is 2.24 bits per heavy atom. The van der Waals surface area contributed by atoms with Gasteiger partial charge in [0.2, 0.25) is 5.95 Å². The van der Waals surface area contributed by atoms with E-state index in [0.717, 1.165) is 22.9 Å². The SMILES string of the molecule is CCCc1c(NC(=O)c2ccc(C(=O)O)cc2)cccc1-c1nc(NC)nc2cc(OC)c(OC)cc12. The summed E-state index contributed by atoms with van der Waals surface area (Å²) in [6.07, 6.45) is 1.53. The van der Waals surface area contributed by atoms with Gasteiger partial charge in [-0.1, -0.05) is 25.5 Å². The highest BCUT2D eigenvalue weighted by atomic mass is 16.5. The number of hydrogen-bond acceptors (Lipinski definition) is 7. The van der Waals surface area contributed by atoms with Crippen LogP contribution in [0.15, 0.2) is 54.6 Å². The Kier molecular flexibility index (Phi) is 7.52. The number of fused-ring (bicyclic) bond motifs is 1. The van der Waals surface area contributed by atoms with Gasteiger partial charge in [-0.25, -0.2) is 14.8 Å². The molecule has 4 aromatic rings. The maximum Gasteiger partial charge on any atom is 0.335 e. The number of nitrogens with one attached hydrogen (secondary N) is 2. The quantitative estimate of drug-likeness (QED) is 0.284. The van der Waals surface area contributed by atoms with E-state index in [1.54, 1.807) is 21.3 Å². The molecule has 37 heavy (non-hydrogen) atoms. The molecule has 4 rings (SSSR count). The summed E-state index contributed by atoms with van der Waals surface area (Å²) in [5.74, 6) is 0.192. The Hall–Kier alpha value is -4.66. The van der Waals surface area contributed by atoms with Crippen LogP contribution in [0.4, 0.5) is 11.6 Å². The van der Waals surface area contributed by atoms with Gasteiger partial charge >= 0.3 is 5.97 Å². The van der Waals surface area contributed by atoms with E-state index in [2.05, 4.69) is 22.5 Å². The summed E-state index contributed by atoms with van der Waals surface area (Å²) in [6, 6.07) is 15.2. The van der Waals surface area contributed by atoms with E-state index in [4.69, 9.17) is 19.6 Å². The fourth-order valence-electron chi connectivity index (χ4n) is 4.18. The Balaban J connectivity index is 1.84. The molecule has 0 fully saturated rings. The lowest BCUT2D eigenvalue weighted by Gasteiger charge is -2.18. The van der Waals surface area contributed by atoms with Crippen LogP contribution in [0.2, 0.25) is 0 Å². The number of carboxylic acid groups (broad SMARTS) is 1. The van der Waals surface area contributed by atoms with Crippen molar-refractivity contribution in [2.24, 2.45) is 0 Å². The van der Waals surface area contributed by atoms with Crippen molar-refractivity contribution in [1.29, 1.82) is 0 Å². The topological polar surface area (TPSA) is 123 Å². The number of aromatic carboxylic acids is 1. The zero-order valence-corrected chi connectivity index (χ0v) is 21.1. The Bertz CT molecular complexity index is 1470. The minimum Gasteiger partial charge on any atom is -0.493 e. The van der Waals surface area contributed by atoms with Crippen LogP contribution in [0.25, 0.3) is 22.2 Å². The van der Waals surface area contributed by atoms with Crippen LogP contribution in [0, 0.1) is 0 Å². The number of carboxylic acids is 1. The molecule has 1 heterocycles. The molecule has 0 atom stereocenters.